The highest BCUT2D eigenvalue weighted by molar-refractivity contribution is 5.89. The lowest BCUT2D eigenvalue weighted by atomic mass is 10.1. The highest BCUT2D eigenvalue weighted by atomic mass is 16.4. The maximum atomic E-state index is 10.6. The van der Waals surface area contributed by atoms with Crippen LogP contribution in [0.1, 0.15) is 15.9 Å². The zero-order chi connectivity index (χ0) is 10.6. The average Bonchev–Trinajstić information content (AvgIpc) is 2.15. The Morgan fingerprint density at radius 3 is 2.50 bits per heavy atom. The number of carboxylic acid groups (broad SMARTS) is 2. The quantitative estimate of drug-likeness (QED) is 0.711. The second-order valence-corrected chi connectivity index (χ2v) is 2.60. The Bertz CT molecular complexity index is 393. The summed E-state index contributed by atoms with van der Waals surface area (Å²) in [5.74, 6) is -2.10. The van der Waals surface area contributed by atoms with Gasteiger partial charge in [0.15, 0.2) is 0 Å². The topological polar surface area (TPSA) is 74.6 Å². The molecule has 0 saturated carbocycles. The van der Waals surface area contributed by atoms with Gasteiger partial charge in [-0.2, -0.15) is 0 Å². The lowest BCUT2D eigenvalue weighted by Gasteiger charge is -1.95. The lowest BCUT2D eigenvalue weighted by Crippen LogP contribution is -1.95. The highest BCUT2D eigenvalue weighted by Gasteiger charge is 2.01. The normalized spacial score (nSPS) is 10.3. The van der Waals surface area contributed by atoms with E-state index in [1.165, 1.54) is 18.2 Å². The van der Waals surface area contributed by atoms with Crippen molar-refractivity contribution in [2.24, 2.45) is 0 Å². The van der Waals surface area contributed by atoms with Crippen LogP contribution < -0.4 is 0 Å². The molecule has 0 saturated heterocycles. The van der Waals surface area contributed by atoms with E-state index < -0.39 is 11.9 Å². The largest absolute Gasteiger partial charge is 0.478 e. The first-order valence-corrected chi connectivity index (χ1v) is 3.84. The third-order valence-corrected chi connectivity index (χ3v) is 1.55. The summed E-state index contributed by atoms with van der Waals surface area (Å²) < 4.78 is 0. The van der Waals surface area contributed by atoms with Crippen LogP contribution in [-0.2, 0) is 4.79 Å². The van der Waals surface area contributed by atoms with E-state index in [1.807, 2.05) is 0 Å². The van der Waals surface area contributed by atoms with Gasteiger partial charge in [0.2, 0.25) is 0 Å². The fraction of sp³-hybridized carbons (Fsp3) is 0. The van der Waals surface area contributed by atoms with Crippen molar-refractivity contribution in [3.8, 4) is 0 Å². The molecule has 0 aliphatic rings. The van der Waals surface area contributed by atoms with E-state index in [9.17, 15) is 9.59 Å². The second-order valence-electron chi connectivity index (χ2n) is 2.60. The highest BCUT2D eigenvalue weighted by Crippen LogP contribution is 2.06. The van der Waals surface area contributed by atoms with Gasteiger partial charge in [0.05, 0.1) is 5.56 Å². The van der Waals surface area contributed by atoms with E-state index in [0.717, 1.165) is 6.08 Å². The van der Waals surface area contributed by atoms with Crippen LogP contribution in [0.3, 0.4) is 0 Å². The maximum Gasteiger partial charge on any atom is 0.335 e. The van der Waals surface area contributed by atoms with E-state index in [-0.39, 0.29) is 5.56 Å². The zero-order valence-electron chi connectivity index (χ0n) is 7.18. The minimum absolute atomic E-state index is 0.137. The van der Waals surface area contributed by atoms with Gasteiger partial charge in [0.25, 0.3) is 0 Å². The van der Waals surface area contributed by atoms with Crippen LogP contribution in [0.2, 0.25) is 0 Å². The number of rotatable bonds is 3. The first-order valence-electron chi connectivity index (χ1n) is 3.84. The van der Waals surface area contributed by atoms with Crippen LogP contribution in [0.5, 0.6) is 0 Å². The number of hydrogen-bond acceptors (Lipinski definition) is 2. The first kappa shape index (κ1) is 9.98. The fourth-order valence-corrected chi connectivity index (χ4v) is 0.943. The summed E-state index contributed by atoms with van der Waals surface area (Å²) in [6, 6.07) is 6.04. The van der Waals surface area contributed by atoms with E-state index >= 15 is 0 Å². The Morgan fingerprint density at radius 2 is 1.93 bits per heavy atom. The first-order chi connectivity index (χ1) is 6.59. The van der Waals surface area contributed by atoms with Gasteiger partial charge < -0.3 is 10.2 Å². The SMILES string of the molecule is O=C(O)C=Cc1cccc(C(=O)O)c1. The zero-order valence-corrected chi connectivity index (χ0v) is 7.18. The van der Waals surface area contributed by atoms with Crippen molar-refractivity contribution in [1.29, 1.82) is 0 Å². The van der Waals surface area contributed by atoms with Gasteiger partial charge in [0, 0.05) is 6.08 Å². The van der Waals surface area contributed by atoms with Crippen molar-refractivity contribution in [2.45, 2.75) is 0 Å². The molecule has 0 atom stereocenters. The molecule has 1 aromatic carbocycles. The third kappa shape index (κ3) is 2.75. The number of hydrogen-bond donors (Lipinski definition) is 2. The molecule has 0 aromatic heterocycles. The van der Waals surface area contributed by atoms with Gasteiger partial charge in [-0.15, -0.1) is 0 Å². The van der Waals surface area contributed by atoms with Gasteiger partial charge in [-0.05, 0) is 23.8 Å². The molecule has 0 fully saturated rings. The van der Waals surface area contributed by atoms with Crippen LogP contribution in [0.25, 0.3) is 6.08 Å². The number of aliphatic carboxylic acids is 1. The molecule has 0 bridgehead atoms. The average molecular weight is 192 g/mol. The number of carboxylic acids is 2. The molecule has 4 nitrogen and oxygen atoms in total. The molecule has 0 unspecified atom stereocenters. The van der Waals surface area contributed by atoms with Gasteiger partial charge in [0.1, 0.15) is 0 Å². The molecule has 0 spiro atoms. The Labute approximate surface area is 80.1 Å². The van der Waals surface area contributed by atoms with Crippen LogP contribution in [0.4, 0.5) is 0 Å². The Kier molecular flexibility index (Phi) is 3.01. The molecule has 72 valence electrons. The molecular weight excluding hydrogens is 184 g/mol. The summed E-state index contributed by atoms with van der Waals surface area (Å²) >= 11 is 0. The van der Waals surface area contributed by atoms with E-state index in [0.29, 0.717) is 5.56 Å². The second kappa shape index (κ2) is 4.23. The summed E-state index contributed by atoms with van der Waals surface area (Å²) in [5.41, 5.74) is 0.685. The molecule has 1 aromatic rings. The summed E-state index contributed by atoms with van der Waals surface area (Å²) in [4.78, 5) is 20.7. The number of benzene rings is 1. The Morgan fingerprint density at radius 1 is 1.21 bits per heavy atom. The lowest BCUT2D eigenvalue weighted by molar-refractivity contribution is -0.131. The summed E-state index contributed by atoms with van der Waals surface area (Å²) in [6.07, 6.45) is 2.30. The van der Waals surface area contributed by atoms with Gasteiger partial charge in [-0.25, -0.2) is 9.59 Å². The van der Waals surface area contributed by atoms with Crippen molar-refractivity contribution in [3.63, 3.8) is 0 Å². The van der Waals surface area contributed by atoms with Crippen molar-refractivity contribution in [3.05, 3.63) is 41.5 Å². The van der Waals surface area contributed by atoms with Gasteiger partial charge in [-0.1, -0.05) is 12.1 Å². The summed E-state index contributed by atoms with van der Waals surface area (Å²) in [5, 5.41) is 17.0. The molecule has 0 aliphatic carbocycles. The van der Waals surface area contributed by atoms with Crippen molar-refractivity contribution in [2.75, 3.05) is 0 Å². The monoisotopic (exact) mass is 192 g/mol. The maximum absolute atomic E-state index is 10.6. The molecule has 2 N–H and O–H groups in total. The minimum atomic E-state index is -1.06. The minimum Gasteiger partial charge on any atom is -0.478 e. The van der Waals surface area contributed by atoms with E-state index in [1.54, 1.807) is 12.1 Å². The Hall–Kier alpha value is -2.10. The van der Waals surface area contributed by atoms with Crippen LogP contribution in [-0.4, -0.2) is 22.2 Å². The van der Waals surface area contributed by atoms with Crippen molar-refractivity contribution < 1.29 is 19.8 Å². The van der Waals surface area contributed by atoms with Crippen molar-refractivity contribution >= 4 is 18.0 Å². The Balaban J connectivity index is 2.94. The van der Waals surface area contributed by atoms with Crippen LogP contribution >= 0.6 is 0 Å². The predicted molar refractivity (Wildman–Crippen MR) is 50.1 cm³/mol. The summed E-state index contributed by atoms with van der Waals surface area (Å²) in [7, 11) is 0. The summed E-state index contributed by atoms with van der Waals surface area (Å²) in [6.45, 7) is 0. The van der Waals surface area contributed by atoms with Gasteiger partial charge in [-0.3, -0.25) is 0 Å². The number of aromatic carboxylic acids is 1. The van der Waals surface area contributed by atoms with E-state index in [2.05, 4.69) is 0 Å². The molecule has 14 heavy (non-hydrogen) atoms. The number of carbonyl (C=O) groups is 2. The predicted octanol–water partition coefficient (Wildman–Crippen LogP) is 1.48. The van der Waals surface area contributed by atoms with Crippen LogP contribution in [0, 0.1) is 0 Å². The standard InChI is InChI=1S/C10H8O4/c11-9(12)5-4-7-2-1-3-8(6-7)10(13)14/h1-6H,(H,11,12)(H,13,14). The molecule has 1 rings (SSSR count). The smallest absolute Gasteiger partial charge is 0.335 e. The molecule has 0 aliphatic heterocycles. The van der Waals surface area contributed by atoms with Crippen LogP contribution in [0.15, 0.2) is 30.3 Å². The molecule has 4 heteroatoms. The molecule has 0 amide bonds. The third-order valence-electron chi connectivity index (χ3n) is 1.55. The molecule has 0 heterocycles. The van der Waals surface area contributed by atoms with E-state index in [4.69, 9.17) is 10.2 Å². The molecule has 0 radical (unpaired) electrons. The molecular formula is C10H8O4. The van der Waals surface area contributed by atoms with Gasteiger partial charge >= 0.3 is 11.9 Å². The van der Waals surface area contributed by atoms with Crippen molar-refractivity contribution in [1.82, 2.24) is 0 Å². The fourth-order valence-electron chi connectivity index (χ4n) is 0.943.